The van der Waals surface area contributed by atoms with Crippen LogP contribution < -0.4 is 10.1 Å². The van der Waals surface area contributed by atoms with Crippen LogP contribution in [0.25, 0.3) is 0 Å². The van der Waals surface area contributed by atoms with Gasteiger partial charge in [0.1, 0.15) is 17.1 Å². The Morgan fingerprint density at radius 1 is 1.31 bits per heavy atom. The average Bonchev–Trinajstić information content (AvgIpc) is 2.60. The molecule has 5 heteroatoms. The van der Waals surface area contributed by atoms with Crippen LogP contribution in [0.15, 0.2) is 17.7 Å². The van der Waals surface area contributed by atoms with Crippen LogP contribution in [-0.4, -0.2) is 22.5 Å². The molecule has 2 N–H and O–H groups in total. The number of aryl methyl sites for hydroxylation is 1. The second-order valence-electron chi connectivity index (χ2n) is 9.03. The first-order valence-electron chi connectivity index (χ1n) is 10.7. The van der Waals surface area contributed by atoms with Crippen molar-refractivity contribution in [3.05, 3.63) is 34.4 Å². The summed E-state index contributed by atoms with van der Waals surface area (Å²) < 4.78 is 6.38. The third kappa shape index (κ3) is 4.19. The molecule has 1 aliphatic heterocycles. The highest BCUT2D eigenvalue weighted by Gasteiger charge is 2.46. The number of carbonyl (C=O) groups is 2. The smallest absolute Gasteiger partial charge is 0.261 e. The number of hydrogen-bond acceptors (Lipinski definition) is 4. The molecule has 1 aliphatic carbocycles. The first-order chi connectivity index (χ1) is 13.7. The molecule has 1 aromatic carbocycles. The molecule has 5 nitrogen and oxygen atoms in total. The third-order valence-electron chi connectivity index (χ3n) is 6.30. The molecular formula is C24H33NO4. The molecule has 0 spiro atoms. The van der Waals surface area contributed by atoms with Crippen molar-refractivity contribution in [1.82, 2.24) is 5.32 Å². The van der Waals surface area contributed by atoms with Gasteiger partial charge in [0.05, 0.1) is 5.56 Å². The fourth-order valence-electron chi connectivity index (χ4n) is 4.85. The number of nitrogens with one attached hydrogen (secondary N) is 1. The predicted octanol–water partition coefficient (Wildman–Crippen LogP) is 5.01. The van der Waals surface area contributed by atoms with Gasteiger partial charge >= 0.3 is 0 Å². The van der Waals surface area contributed by atoms with Crippen LogP contribution in [0, 0.1) is 5.92 Å². The summed E-state index contributed by atoms with van der Waals surface area (Å²) in [5, 5.41) is 13.6. The number of carbonyl (C=O) groups excluding carboxylic acids is 2. The van der Waals surface area contributed by atoms with Gasteiger partial charge in [-0.15, -0.1) is 0 Å². The second kappa shape index (κ2) is 8.21. The molecule has 2 amide bonds. The van der Waals surface area contributed by atoms with Crippen molar-refractivity contribution in [1.29, 1.82) is 0 Å². The number of benzene rings is 1. The van der Waals surface area contributed by atoms with E-state index < -0.39 is 11.8 Å². The van der Waals surface area contributed by atoms with Gasteiger partial charge in [-0.25, -0.2) is 0 Å². The Hall–Kier alpha value is -2.30. The molecule has 3 rings (SSSR count). The summed E-state index contributed by atoms with van der Waals surface area (Å²) in [5.74, 6) is -0.136. The number of rotatable bonds is 5. The summed E-state index contributed by atoms with van der Waals surface area (Å²) in [7, 11) is 0. The van der Waals surface area contributed by atoms with Crippen LogP contribution in [0.4, 0.5) is 0 Å². The minimum absolute atomic E-state index is 0.00364. The fourth-order valence-corrected chi connectivity index (χ4v) is 4.85. The number of allylic oxidation sites excluding steroid dienone is 2. The fraction of sp³-hybridized carbons (Fsp3) is 0.583. The molecule has 2 unspecified atom stereocenters. The second-order valence-corrected chi connectivity index (χ2v) is 9.03. The minimum Gasteiger partial charge on any atom is -0.507 e. The van der Waals surface area contributed by atoms with Gasteiger partial charge in [-0.05, 0) is 58.1 Å². The maximum absolute atomic E-state index is 12.8. The first-order valence-corrected chi connectivity index (χ1v) is 10.7. The number of fused-ring (bicyclic) bond motifs is 3. The van der Waals surface area contributed by atoms with Gasteiger partial charge in [0, 0.05) is 24.3 Å². The zero-order chi connectivity index (χ0) is 21.3. The predicted molar refractivity (Wildman–Crippen MR) is 113 cm³/mol. The Kier molecular flexibility index (Phi) is 6.06. The van der Waals surface area contributed by atoms with Crippen LogP contribution >= 0.6 is 0 Å². The molecule has 1 heterocycles. The minimum atomic E-state index is -0.540. The SMILES string of the molecule is CCCCCc1cc2c(c(O)c1C(=O)NC(C)=O)C1C=C(C)CCC1C(C)(C)O2. The largest absolute Gasteiger partial charge is 0.507 e. The Morgan fingerprint density at radius 2 is 2.03 bits per heavy atom. The average molecular weight is 400 g/mol. The van der Waals surface area contributed by atoms with Gasteiger partial charge in [0.25, 0.3) is 5.91 Å². The normalized spacial score (nSPS) is 22.0. The molecule has 2 atom stereocenters. The van der Waals surface area contributed by atoms with Crippen molar-refractivity contribution in [3.8, 4) is 11.5 Å². The van der Waals surface area contributed by atoms with E-state index in [1.807, 2.05) is 6.07 Å². The lowest BCUT2D eigenvalue weighted by Gasteiger charge is -2.46. The number of phenolic OH excluding ortho intramolecular Hbond substituents is 1. The van der Waals surface area contributed by atoms with Crippen molar-refractivity contribution >= 4 is 11.8 Å². The zero-order valence-corrected chi connectivity index (χ0v) is 18.2. The quantitative estimate of drug-likeness (QED) is 0.539. The number of hydrogen-bond donors (Lipinski definition) is 2. The van der Waals surface area contributed by atoms with E-state index in [0.717, 1.165) is 37.7 Å². The number of aromatic hydroxyl groups is 1. The van der Waals surface area contributed by atoms with Crippen LogP contribution in [0.3, 0.4) is 0 Å². The van der Waals surface area contributed by atoms with Gasteiger partial charge < -0.3 is 9.84 Å². The van der Waals surface area contributed by atoms with Crippen molar-refractivity contribution < 1.29 is 19.4 Å². The highest BCUT2D eigenvalue weighted by Crippen LogP contribution is 2.54. The summed E-state index contributed by atoms with van der Waals surface area (Å²) >= 11 is 0. The summed E-state index contributed by atoms with van der Waals surface area (Å²) in [4.78, 5) is 24.3. The highest BCUT2D eigenvalue weighted by atomic mass is 16.5. The number of imide groups is 1. The third-order valence-corrected chi connectivity index (χ3v) is 6.30. The first kappa shape index (κ1) is 21.4. The van der Waals surface area contributed by atoms with E-state index in [-0.39, 0.29) is 28.7 Å². The summed E-state index contributed by atoms with van der Waals surface area (Å²) in [5.41, 5.74) is 2.57. The molecular weight excluding hydrogens is 366 g/mol. The summed E-state index contributed by atoms with van der Waals surface area (Å²) in [6.45, 7) is 9.74. The van der Waals surface area contributed by atoms with Gasteiger partial charge in [0.15, 0.2) is 0 Å². The van der Waals surface area contributed by atoms with E-state index in [1.165, 1.54) is 12.5 Å². The molecule has 158 valence electrons. The number of ether oxygens (including phenoxy) is 1. The lowest BCUT2D eigenvalue weighted by molar-refractivity contribution is -0.118. The summed E-state index contributed by atoms with van der Waals surface area (Å²) in [6, 6.07) is 1.91. The Labute approximate surface area is 173 Å². The van der Waals surface area contributed by atoms with Gasteiger partial charge in [-0.2, -0.15) is 0 Å². The molecule has 0 aromatic heterocycles. The Morgan fingerprint density at radius 3 is 2.69 bits per heavy atom. The monoisotopic (exact) mass is 399 g/mol. The number of unbranched alkanes of at least 4 members (excludes halogenated alkanes) is 2. The van der Waals surface area contributed by atoms with Crippen LogP contribution in [-0.2, 0) is 11.2 Å². The van der Waals surface area contributed by atoms with Crippen LogP contribution in [0.1, 0.15) is 94.1 Å². The van der Waals surface area contributed by atoms with E-state index in [9.17, 15) is 14.7 Å². The van der Waals surface area contributed by atoms with E-state index in [2.05, 4.69) is 39.1 Å². The number of phenols is 1. The maximum atomic E-state index is 12.8. The molecule has 0 saturated carbocycles. The summed E-state index contributed by atoms with van der Waals surface area (Å²) in [6.07, 6.45) is 7.85. The zero-order valence-electron chi connectivity index (χ0n) is 18.2. The van der Waals surface area contributed by atoms with Gasteiger partial charge in [-0.3, -0.25) is 14.9 Å². The standard InChI is InChI=1S/C24H33NO4/c1-6-7-8-9-16-13-19-21(22(27)20(16)23(28)25-15(3)26)17-12-14(2)10-11-18(17)24(4,5)29-19/h12-13,17-18,27H,6-11H2,1-5H3,(H,25,26,28). The van der Waals surface area contributed by atoms with Crippen molar-refractivity contribution in [3.63, 3.8) is 0 Å². The topological polar surface area (TPSA) is 75.6 Å². The number of amides is 2. The van der Waals surface area contributed by atoms with E-state index in [4.69, 9.17) is 4.74 Å². The molecule has 0 radical (unpaired) electrons. The Balaban J connectivity index is 2.17. The maximum Gasteiger partial charge on any atom is 0.261 e. The molecule has 0 fully saturated rings. The molecule has 0 bridgehead atoms. The molecule has 1 aromatic rings. The highest BCUT2D eigenvalue weighted by molar-refractivity contribution is 6.07. The van der Waals surface area contributed by atoms with Crippen LogP contribution in [0.2, 0.25) is 0 Å². The molecule has 2 aliphatic rings. The van der Waals surface area contributed by atoms with E-state index in [0.29, 0.717) is 17.7 Å². The van der Waals surface area contributed by atoms with Crippen molar-refractivity contribution in [2.24, 2.45) is 5.92 Å². The van der Waals surface area contributed by atoms with Crippen LogP contribution in [0.5, 0.6) is 11.5 Å². The van der Waals surface area contributed by atoms with Gasteiger partial charge in [0.2, 0.25) is 5.91 Å². The van der Waals surface area contributed by atoms with E-state index >= 15 is 0 Å². The lowest BCUT2D eigenvalue weighted by atomic mass is 9.67. The Bertz CT molecular complexity index is 853. The lowest BCUT2D eigenvalue weighted by Crippen LogP contribution is -2.45. The molecule has 29 heavy (non-hydrogen) atoms. The van der Waals surface area contributed by atoms with Gasteiger partial charge in [-0.1, -0.05) is 31.4 Å². The van der Waals surface area contributed by atoms with E-state index in [1.54, 1.807) is 0 Å². The van der Waals surface area contributed by atoms with Crippen molar-refractivity contribution in [2.75, 3.05) is 0 Å². The molecule has 0 saturated heterocycles. The van der Waals surface area contributed by atoms with Crippen molar-refractivity contribution in [2.45, 2.75) is 84.7 Å².